The van der Waals surface area contributed by atoms with Crippen molar-refractivity contribution >= 4 is 0 Å². The van der Waals surface area contributed by atoms with Crippen molar-refractivity contribution in [3.8, 4) is 0 Å². The van der Waals surface area contributed by atoms with E-state index in [9.17, 15) is 5.11 Å². The highest BCUT2D eigenvalue weighted by Crippen LogP contribution is 2.42. The first-order valence-electron chi connectivity index (χ1n) is 7.42. The Morgan fingerprint density at radius 2 is 1.90 bits per heavy atom. The van der Waals surface area contributed by atoms with Crippen LogP contribution in [0.3, 0.4) is 0 Å². The quantitative estimate of drug-likeness (QED) is 0.891. The predicted octanol–water partition coefficient (Wildman–Crippen LogP) is 3.44. The summed E-state index contributed by atoms with van der Waals surface area (Å²) in [4.78, 5) is 0. The number of hydrogen-bond donors (Lipinski definition) is 2. The molecule has 0 bridgehead atoms. The molecule has 1 heterocycles. The van der Waals surface area contributed by atoms with Crippen molar-refractivity contribution in [3.05, 3.63) is 70.8 Å². The van der Waals surface area contributed by atoms with E-state index >= 15 is 0 Å². The van der Waals surface area contributed by atoms with Crippen LogP contribution in [0.2, 0.25) is 0 Å². The molecule has 2 unspecified atom stereocenters. The smallest absolute Gasteiger partial charge is 0.0985 e. The number of rotatable bonds is 3. The summed E-state index contributed by atoms with van der Waals surface area (Å²) in [5.74, 6) is 0.728. The number of aliphatic hydroxyl groups excluding tert-OH is 1. The number of hydrogen-bond acceptors (Lipinski definition) is 2. The van der Waals surface area contributed by atoms with E-state index in [1.54, 1.807) is 0 Å². The molecule has 20 heavy (non-hydrogen) atoms. The van der Waals surface area contributed by atoms with Crippen LogP contribution in [0.25, 0.3) is 0 Å². The lowest BCUT2D eigenvalue weighted by molar-refractivity contribution is 0.133. The van der Waals surface area contributed by atoms with Crippen LogP contribution in [-0.4, -0.2) is 5.11 Å². The maximum absolute atomic E-state index is 10.7. The van der Waals surface area contributed by atoms with Gasteiger partial charge in [0.15, 0.2) is 0 Å². The van der Waals surface area contributed by atoms with Crippen LogP contribution in [0.5, 0.6) is 0 Å². The highest BCUT2D eigenvalue weighted by atomic mass is 16.3. The number of aliphatic hydroxyl groups is 1. The fourth-order valence-electron chi connectivity index (χ4n) is 3.22. The predicted molar refractivity (Wildman–Crippen MR) is 79.4 cm³/mol. The highest BCUT2D eigenvalue weighted by Gasteiger charge is 2.30. The zero-order valence-electron chi connectivity index (χ0n) is 11.4. The second-order valence-electron chi connectivity index (χ2n) is 5.95. The Kier molecular flexibility index (Phi) is 2.86. The van der Waals surface area contributed by atoms with Crippen LogP contribution in [0.15, 0.2) is 48.5 Å². The van der Waals surface area contributed by atoms with E-state index in [0.29, 0.717) is 0 Å². The SMILES string of the molecule is OC(c1cccc(C2CC2)c1)C1NCc2ccccc21. The summed E-state index contributed by atoms with van der Waals surface area (Å²) in [5.41, 5.74) is 4.95. The molecule has 0 radical (unpaired) electrons. The molecule has 0 saturated heterocycles. The molecule has 1 saturated carbocycles. The third kappa shape index (κ3) is 2.05. The fraction of sp³-hybridized carbons (Fsp3) is 0.333. The molecule has 1 aliphatic carbocycles. The summed E-state index contributed by atoms with van der Waals surface area (Å²) >= 11 is 0. The first kappa shape index (κ1) is 12.1. The van der Waals surface area contributed by atoms with Gasteiger partial charge in [-0.1, -0.05) is 48.5 Å². The zero-order valence-corrected chi connectivity index (χ0v) is 11.4. The lowest BCUT2D eigenvalue weighted by atomic mass is 9.94. The summed E-state index contributed by atoms with van der Waals surface area (Å²) in [6, 6.07) is 16.9. The van der Waals surface area contributed by atoms with E-state index < -0.39 is 6.10 Å². The lowest BCUT2D eigenvalue weighted by Gasteiger charge is -2.20. The van der Waals surface area contributed by atoms with Crippen LogP contribution in [-0.2, 0) is 6.54 Å². The molecule has 4 rings (SSSR count). The van der Waals surface area contributed by atoms with Gasteiger partial charge in [-0.25, -0.2) is 0 Å². The minimum Gasteiger partial charge on any atom is -0.386 e. The molecule has 1 aliphatic heterocycles. The molecule has 2 aromatic carbocycles. The molecule has 1 fully saturated rings. The second-order valence-corrected chi connectivity index (χ2v) is 5.95. The molecular formula is C18H19NO. The first-order valence-corrected chi connectivity index (χ1v) is 7.42. The molecule has 2 heteroatoms. The van der Waals surface area contributed by atoms with Crippen molar-refractivity contribution in [2.24, 2.45) is 0 Å². The van der Waals surface area contributed by atoms with Crippen molar-refractivity contribution in [1.82, 2.24) is 5.32 Å². The van der Waals surface area contributed by atoms with Gasteiger partial charge in [0.1, 0.15) is 0 Å². The molecule has 0 amide bonds. The molecule has 0 spiro atoms. The summed E-state index contributed by atoms with van der Waals surface area (Å²) in [7, 11) is 0. The van der Waals surface area contributed by atoms with Gasteiger partial charge >= 0.3 is 0 Å². The molecule has 2 aliphatic rings. The van der Waals surface area contributed by atoms with Crippen molar-refractivity contribution in [2.75, 3.05) is 0 Å². The van der Waals surface area contributed by atoms with Gasteiger partial charge in [0.25, 0.3) is 0 Å². The monoisotopic (exact) mass is 265 g/mol. The van der Waals surface area contributed by atoms with E-state index in [-0.39, 0.29) is 6.04 Å². The van der Waals surface area contributed by atoms with Crippen molar-refractivity contribution in [2.45, 2.75) is 37.5 Å². The summed E-state index contributed by atoms with van der Waals surface area (Å²) in [5, 5.41) is 14.2. The average Bonchev–Trinajstić information content (AvgIpc) is 3.26. The maximum Gasteiger partial charge on any atom is 0.0985 e. The van der Waals surface area contributed by atoms with Gasteiger partial charge < -0.3 is 10.4 Å². The third-order valence-electron chi connectivity index (χ3n) is 4.52. The molecule has 2 aromatic rings. The van der Waals surface area contributed by atoms with Gasteiger partial charge in [0, 0.05) is 6.54 Å². The largest absolute Gasteiger partial charge is 0.386 e. The summed E-state index contributed by atoms with van der Waals surface area (Å²) in [6.07, 6.45) is 2.12. The standard InChI is InChI=1S/C18H19NO/c20-18(14-6-3-5-13(10-14)12-8-9-12)17-16-7-2-1-4-15(16)11-19-17/h1-7,10,12,17-20H,8-9,11H2. The second kappa shape index (κ2) is 4.72. The Balaban J connectivity index is 1.64. The molecule has 2 nitrogen and oxygen atoms in total. The van der Waals surface area contributed by atoms with Gasteiger partial charge in [0.2, 0.25) is 0 Å². The van der Waals surface area contributed by atoms with E-state index in [0.717, 1.165) is 18.0 Å². The van der Waals surface area contributed by atoms with Crippen LogP contribution in [0.1, 0.15) is 53.2 Å². The normalized spacial score (nSPS) is 22.6. The minimum absolute atomic E-state index is 0.0145. The van der Waals surface area contributed by atoms with E-state index in [1.807, 2.05) is 12.1 Å². The molecule has 2 atom stereocenters. The van der Waals surface area contributed by atoms with Crippen LogP contribution < -0.4 is 5.32 Å². The third-order valence-corrected chi connectivity index (χ3v) is 4.52. The number of fused-ring (bicyclic) bond motifs is 1. The summed E-state index contributed by atoms with van der Waals surface area (Å²) in [6.45, 7) is 0.847. The van der Waals surface area contributed by atoms with Crippen molar-refractivity contribution in [1.29, 1.82) is 0 Å². The molecule has 2 N–H and O–H groups in total. The maximum atomic E-state index is 10.7. The first-order chi connectivity index (χ1) is 9.83. The van der Waals surface area contributed by atoms with Gasteiger partial charge in [-0.3, -0.25) is 0 Å². The van der Waals surface area contributed by atoms with E-state index in [4.69, 9.17) is 0 Å². The van der Waals surface area contributed by atoms with E-state index in [2.05, 4.69) is 41.7 Å². The Hall–Kier alpha value is -1.64. The van der Waals surface area contributed by atoms with Crippen molar-refractivity contribution < 1.29 is 5.11 Å². The van der Waals surface area contributed by atoms with Crippen LogP contribution >= 0.6 is 0 Å². The molecule has 0 aromatic heterocycles. The van der Waals surface area contributed by atoms with Crippen molar-refractivity contribution in [3.63, 3.8) is 0 Å². The highest BCUT2D eigenvalue weighted by molar-refractivity contribution is 5.38. The van der Waals surface area contributed by atoms with Gasteiger partial charge in [-0.15, -0.1) is 0 Å². The lowest BCUT2D eigenvalue weighted by Crippen LogP contribution is -2.20. The fourth-order valence-corrected chi connectivity index (χ4v) is 3.22. The minimum atomic E-state index is -0.475. The number of benzene rings is 2. The Bertz CT molecular complexity index is 633. The molecule has 102 valence electrons. The zero-order chi connectivity index (χ0) is 13.5. The van der Waals surface area contributed by atoms with Gasteiger partial charge in [0.05, 0.1) is 12.1 Å². The van der Waals surface area contributed by atoms with Gasteiger partial charge in [-0.05, 0) is 41.0 Å². The average molecular weight is 265 g/mol. The Morgan fingerprint density at radius 1 is 1.05 bits per heavy atom. The van der Waals surface area contributed by atoms with Gasteiger partial charge in [-0.2, -0.15) is 0 Å². The number of nitrogens with one attached hydrogen (secondary N) is 1. The van der Waals surface area contributed by atoms with Crippen LogP contribution in [0, 0.1) is 0 Å². The Morgan fingerprint density at radius 3 is 2.75 bits per heavy atom. The topological polar surface area (TPSA) is 32.3 Å². The van der Waals surface area contributed by atoms with E-state index in [1.165, 1.54) is 29.5 Å². The Labute approximate surface area is 119 Å². The molecular weight excluding hydrogens is 246 g/mol. The van der Waals surface area contributed by atoms with Crippen LogP contribution in [0.4, 0.5) is 0 Å². The summed E-state index contributed by atoms with van der Waals surface area (Å²) < 4.78 is 0.